The molecule has 7 nitrogen and oxygen atoms in total. The quantitative estimate of drug-likeness (QED) is 0.313. The molecule has 0 saturated heterocycles. The number of methoxy groups -OCH3 is 1. The van der Waals surface area contributed by atoms with E-state index in [1.807, 2.05) is 42.5 Å². The molecule has 8 heteroatoms. The van der Waals surface area contributed by atoms with Crippen molar-refractivity contribution < 1.29 is 24.2 Å². The van der Waals surface area contributed by atoms with E-state index in [2.05, 4.69) is 10.6 Å². The van der Waals surface area contributed by atoms with E-state index in [1.165, 1.54) is 11.8 Å². The first-order valence-electron chi connectivity index (χ1n) is 9.94. The number of hydrogen-bond acceptors (Lipinski definition) is 5. The second kappa shape index (κ2) is 11.5. The second-order valence-electron chi connectivity index (χ2n) is 6.78. The number of hydrogen-bond donors (Lipinski definition) is 3. The summed E-state index contributed by atoms with van der Waals surface area (Å²) in [6, 6.07) is 23.6. The van der Waals surface area contributed by atoms with E-state index in [0.29, 0.717) is 17.1 Å². The van der Waals surface area contributed by atoms with Gasteiger partial charge >= 0.3 is 5.97 Å². The molecule has 0 fully saturated rings. The fraction of sp³-hybridized carbons (Fsp3) is 0.0800. The Morgan fingerprint density at radius 2 is 1.55 bits per heavy atom. The van der Waals surface area contributed by atoms with E-state index in [0.717, 1.165) is 22.6 Å². The summed E-state index contributed by atoms with van der Waals surface area (Å²) in [5.41, 5.74) is 1.93. The molecule has 2 amide bonds. The van der Waals surface area contributed by atoms with Crippen LogP contribution in [0.4, 0.5) is 11.4 Å². The number of ether oxygens (including phenoxy) is 1. The van der Waals surface area contributed by atoms with Crippen molar-refractivity contribution in [2.45, 2.75) is 10.1 Å². The largest absolute Gasteiger partial charge is 0.495 e. The average molecular weight is 463 g/mol. The van der Waals surface area contributed by atoms with Crippen LogP contribution in [0.5, 0.6) is 5.75 Å². The van der Waals surface area contributed by atoms with Crippen LogP contribution in [-0.4, -0.2) is 30.0 Å². The lowest BCUT2D eigenvalue weighted by atomic mass is 10.1. The first-order chi connectivity index (χ1) is 16.0. The highest BCUT2D eigenvalue weighted by Gasteiger charge is 2.23. The van der Waals surface area contributed by atoms with E-state index < -0.39 is 17.1 Å². The smallest absolute Gasteiger partial charge is 0.328 e. The molecular weight excluding hydrogens is 440 g/mol. The number of thioether (sulfide) groups is 1. The Hall–Kier alpha value is -4.04. The van der Waals surface area contributed by atoms with Crippen molar-refractivity contribution in [2.75, 3.05) is 17.7 Å². The van der Waals surface area contributed by atoms with Crippen LogP contribution in [0.3, 0.4) is 0 Å². The molecule has 0 radical (unpaired) electrons. The van der Waals surface area contributed by atoms with Gasteiger partial charge in [-0.25, -0.2) is 4.79 Å². The molecule has 3 N–H and O–H groups in total. The number of carbonyl (C=O) groups excluding carboxylic acids is 2. The molecule has 3 aromatic carbocycles. The Morgan fingerprint density at radius 1 is 0.879 bits per heavy atom. The van der Waals surface area contributed by atoms with Crippen LogP contribution < -0.4 is 15.4 Å². The van der Waals surface area contributed by atoms with Crippen LogP contribution in [0, 0.1) is 0 Å². The molecule has 0 saturated carbocycles. The zero-order valence-corrected chi connectivity index (χ0v) is 18.5. The number of carbonyl (C=O) groups is 3. The molecule has 0 aromatic heterocycles. The molecule has 0 spiro atoms. The molecular formula is C25H22N2O5S. The molecule has 0 heterocycles. The molecule has 3 aromatic rings. The Bertz CT molecular complexity index is 1150. The lowest BCUT2D eigenvalue weighted by molar-refractivity contribution is -0.131. The van der Waals surface area contributed by atoms with Crippen molar-refractivity contribution in [1.82, 2.24) is 0 Å². The minimum atomic E-state index is -1.20. The van der Waals surface area contributed by atoms with Crippen molar-refractivity contribution >= 4 is 40.9 Å². The molecule has 0 aliphatic carbocycles. The normalized spacial score (nSPS) is 11.5. The summed E-state index contributed by atoms with van der Waals surface area (Å²) in [6.45, 7) is 0. The molecule has 0 aliphatic rings. The van der Waals surface area contributed by atoms with Gasteiger partial charge in [-0.3, -0.25) is 9.59 Å². The Balaban J connectivity index is 1.76. The van der Waals surface area contributed by atoms with Gasteiger partial charge in [0.25, 0.3) is 0 Å². The maximum absolute atomic E-state index is 13.2. The van der Waals surface area contributed by atoms with Crippen LogP contribution in [-0.2, 0) is 14.4 Å². The van der Waals surface area contributed by atoms with Crippen LogP contribution >= 0.6 is 11.8 Å². The molecule has 3 rings (SSSR count). The second-order valence-corrected chi connectivity index (χ2v) is 7.96. The predicted molar refractivity (Wildman–Crippen MR) is 129 cm³/mol. The van der Waals surface area contributed by atoms with Crippen molar-refractivity contribution in [3.8, 4) is 5.75 Å². The van der Waals surface area contributed by atoms with Crippen molar-refractivity contribution in [1.29, 1.82) is 0 Å². The number of benzene rings is 3. The summed E-state index contributed by atoms with van der Waals surface area (Å²) in [5.74, 6) is -1.38. The molecule has 0 aliphatic heterocycles. The molecule has 33 heavy (non-hydrogen) atoms. The van der Waals surface area contributed by atoms with Gasteiger partial charge in [-0.05, 0) is 42.0 Å². The van der Waals surface area contributed by atoms with Gasteiger partial charge in [0, 0.05) is 22.7 Å². The van der Waals surface area contributed by atoms with E-state index in [4.69, 9.17) is 9.84 Å². The number of nitrogens with one attached hydrogen (secondary N) is 2. The number of para-hydroxylation sites is 2. The van der Waals surface area contributed by atoms with Crippen molar-refractivity contribution in [2.24, 2.45) is 0 Å². The zero-order chi connectivity index (χ0) is 23.6. The Morgan fingerprint density at radius 3 is 2.21 bits per heavy atom. The third-order valence-corrected chi connectivity index (χ3v) is 5.72. The number of anilines is 2. The number of rotatable bonds is 9. The van der Waals surface area contributed by atoms with Crippen molar-refractivity contribution in [3.63, 3.8) is 0 Å². The standard InChI is InChI=1S/C25H22N2O5S/c1-32-21-10-6-5-9-20(21)27-25(31)24(17-7-3-2-4-8-17)33-19-13-11-18(12-14-19)26-22(28)15-16-23(29)30/h2-16,24H,1H3,(H,26,28)(H,27,31)(H,29,30)/b16-15+. The van der Waals surface area contributed by atoms with Gasteiger partial charge in [0.15, 0.2) is 0 Å². The number of amides is 2. The van der Waals surface area contributed by atoms with Gasteiger partial charge in [0.1, 0.15) is 11.0 Å². The summed E-state index contributed by atoms with van der Waals surface area (Å²) >= 11 is 1.37. The van der Waals surface area contributed by atoms with E-state index >= 15 is 0 Å². The van der Waals surface area contributed by atoms with E-state index in [1.54, 1.807) is 43.5 Å². The van der Waals surface area contributed by atoms with Crippen LogP contribution in [0.15, 0.2) is 95.9 Å². The van der Waals surface area contributed by atoms with Gasteiger partial charge < -0.3 is 20.5 Å². The van der Waals surface area contributed by atoms with Crippen LogP contribution in [0.2, 0.25) is 0 Å². The Kier molecular flexibility index (Phi) is 8.26. The topological polar surface area (TPSA) is 105 Å². The number of carboxylic acids is 1. The monoisotopic (exact) mass is 462 g/mol. The minimum absolute atomic E-state index is 0.202. The summed E-state index contributed by atoms with van der Waals surface area (Å²) in [4.78, 5) is 36.3. The summed E-state index contributed by atoms with van der Waals surface area (Å²) in [5, 5.41) is 13.6. The van der Waals surface area contributed by atoms with Crippen molar-refractivity contribution in [3.05, 3.63) is 96.6 Å². The zero-order valence-electron chi connectivity index (χ0n) is 17.7. The fourth-order valence-corrected chi connectivity index (χ4v) is 3.96. The highest BCUT2D eigenvalue weighted by molar-refractivity contribution is 8.00. The van der Waals surface area contributed by atoms with Crippen LogP contribution in [0.1, 0.15) is 10.8 Å². The van der Waals surface area contributed by atoms with Gasteiger partial charge in [-0.2, -0.15) is 0 Å². The number of aliphatic carboxylic acids is 1. The maximum atomic E-state index is 13.2. The minimum Gasteiger partial charge on any atom is -0.495 e. The predicted octanol–water partition coefficient (Wildman–Crippen LogP) is 4.75. The van der Waals surface area contributed by atoms with Gasteiger partial charge in [0.2, 0.25) is 11.8 Å². The van der Waals surface area contributed by atoms with Gasteiger partial charge in [-0.1, -0.05) is 42.5 Å². The highest BCUT2D eigenvalue weighted by Crippen LogP contribution is 2.37. The molecule has 1 atom stereocenters. The summed E-state index contributed by atoms with van der Waals surface area (Å²) in [7, 11) is 1.55. The first kappa shape index (κ1) is 23.6. The lowest BCUT2D eigenvalue weighted by Gasteiger charge is -2.18. The Labute approximate surface area is 195 Å². The number of carboxylic acid groups (broad SMARTS) is 1. The van der Waals surface area contributed by atoms with E-state index in [9.17, 15) is 14.4 Å². The lowest BCUT2D eigenvalue weighted by Crippen LogP contribution is -2.19. The molecule has 168 valence electrons. The summed E-state index contributed by atoms with van der Waals surface area (Å²) in [6.07, 6.45) is 1.71. The van der Waals surface area contributed by atoms with Gasteiger partial charge in [0.05, 0.1) is 12.8 Å². The summed E-state index contributed by atoms with van der Waals surface area (Å²) < 4.78 is 5.33. The van der Waals surface area contributed by atoms with Gasteiger partial charge in [-0.15, -0.1) is 11.8 Å². The van der Waals surface area contributed by atoms with Crippen LogP contribution in [0.25, 0.3) is 0 Å². The maximum Gasteiger partial charge on any atom is 0.328 e. The fourth-order valence-electron chi connectivity index (χ4n) is 2.93. The SMILES string of the molecule is COc1ccccc1NC(=O)C(Sc1ccc(NC(=O)/C=C/C(=O)O)cc1)c1ccccc1. The highest BCUT2D eigenvalue weighted by atomic mass is 32.2. The third-order valence-electron chi connectivity index (χ3n) is 4.46. The third kappa shape index (κ3) is 6.98. The molecule has 0 bridgehead atoms. The molecule has 1 unspecified atom stereocenters. The van der Waals surface area contributed by atoms with E-state index in [-0.39, 0.29) is 5.91 Å². The average Bonchev–Trinajstić information content (AvgIpc) is 2.83. The first-order valence-corrected chi connectivity index (χ1v) is 10.8.